The molecule has 1 N–H and O–H groups in total. The third-order valence-corrected chi connectivity index (χ3v) is 3.55. The normalized spacial score (nSPS) is 10.1. The lowest BCUT2D eigenvalue weighted by Gasteiger charge is -2.02. The summed E-state index contributed by atoms with van der Waals surface area (Å²) in [6.45, 7) is 2.01. The second-order valence-electron chi connectivity index (χ2n) is 3.72. The molecule has 20 heavy (non-hydrogen) atoms. The number of hydrogen-bond acceptors (Lipinski definition) is 5. The first-order valence-corrected chi connectivity index (χ1v) is 7.47. The highest BCUT2D eigenvalue weighted by molar-refractivity contribution is 9.10. The van der Waals surface area contributed by atoms with Crippen LogP contribution in [0.15, 0.2) is 34.1 Å². The van der Waals surface area contributed by atoms with Gasteiger partial charge >= 0.3 is 5.97 Å². The van der Waals surface area contributed by atoms with E-state index in [-0.39, 0.29) is 18.2 Å². The minimum absolute atomic E-state index is 0.196. The Morgan fingerprint density at radius 3 is 2.95 bits per heavy atom. The molecule has 0 aliphatic heterocycles. The molecule has 1 aromatic heterocycles. The van der Waals surface area contributed by atoms with Gasteiger partial charge in [0.15, 0.2) is 10.8 Å². The smallest absolute Gasteiger partial charge is 0.357 e. The molecule has 1 amide bonds. The first-order chi connectivity index (χ1) is 9.60. The number of nitrogens with one attached hydrogen (secondary N) is 1. The van der Waals surface area contributed by atoms with Crippen molar-refractivity contribution in [3.05, 3.63) is 45.4 Å². The Morgan fingerprint density at radius 2 is 2.25 bits per heavy atom. The highest BCUT2D eigenvalue weighted by Gasteiger charge is 2.14. The lowest BCUT2D eigenvalue weighted by Crippen LogP contribution is -2.12. The second-order valence-corrected chi connectivity index (χ2v) is 5.50. The monoisotopic (exact) mass is 354 g/mol. The maximum atomic E-state index is 12.0. The summed E-state index contributed by atoms with van der Waals surface area (Å²) in [6, 6.07) is 7.00. The summed E-state index contributed by atoms with van der Waals surface area (Å²) < 4.78 is 5.65. The average Bonchev–Trinajstić information content (AvgIpc) is 2.87. The van der Waals surface area contributed by atoms with Crippen LogP contribution in [0.4, 0.5) is 5.13 Å². The number of carbonyl (C=O) groups excluding carboxylic acids is 2. The molecule has 0 atom stereocenters. The van der Waals surface area contributed by atoms with Crippen molar-refractivity contribution in [1.82, 2.24) is 4.98 Å². The topological polar surface area (TPSA) is 68.3 Å². The van der Waals surface area contributed by atoms with E-state index < -0.39 is 5.97 Å². The van der Waals surface area contributed by atoms with Crippen molar-refractivity contribution in [2.24, 2.45) is 0 Å². The lowest BCUT2D eigenvalue weighted by atomic mass is 10.2. The molecule has 1 heterocycles. The van der Waals surface area contributed by atoms with Crippen molar-refractivity contribution in [2.75, 3.05) is 11.9 Å². The molecular formula is C13H11BrN2O3S. The second kappa shape index (κ2) is 6.62. The van der Waals surface area contributed by atoms with E-state index in [4.69, 9.17) is 4.74 Å². The van der Waals surface area contributed by atoms with Gasteiger partial charge in [-0.05, 0) is 25.1 Å². The van der Waals surface area contributed by atoms with Crippen LogP contribution < -0.4 is 5.32 Å². The van der Waals surface area contributed by atoms with Gasteiger partial charge < -0.3 is 4.74 Å². The minimum atomic E-state index is -0.494. The van der Waals surface area contributed by atoms with E-state index in [9.17, 15) is 9.59 Å². The van der Waals surface area contributed by atoms with Gasteiger partial charge in [0.05, 0.1) is 6.61 Å². The number of amides is 1. The van der Waals surface area contributed by atoms with Crippen LogP contribution in [0.3, 0.4) is 0 Å². The fourth-order valence-corrected chi connectivity index (χ4v) is 2.50. The maximum absolute atomic E-state index is 12.0. The molecule has 0 bridgehead atoms. The number of rotatable bonds is 4. The predicted octanol–water partition coefficient (Wildman–Crippen LogP) is 3.33. The van der Waals surface area contributed by atoms with Crippen LogP contribution >= 0.6 is 27.3 Å². The van der Waals surface area contributed by atoms with Gasteiger partial charge in [0.2, 0.25) is 0 Å². The van der Waals surface area contributed by atoms with Crippen LogP contribution in [0.1, 0.15) is 27.8 Å². The Balaban J connectivity index is 2.07. The van der Waals surface area contributed by atoms with E-state index in [0.717, 1.165) is 4.47 Å². The number of halogens is 1. The fourth-order valence-electron chi connectivity index (χ4n) is 1.43. The Kier molecular flexibility index (Phi) is 4.86. The van der Waals surface area contributed by atoms with Gasteiger partial charge in [-0.1, -0.05) is 22.0 Å². The summed E-state index contributed by atoms with van der Waals surface area (Å²) >= 11 is 4.48. The summed E-state index contributed by atoms with van der Waals surface area (Å²) in [5.74, 6) is -0.775. The highest BCUT2D eigenvalue weighted by atomic mass is 79.9. The van der Waals surface area contributed by atoms with Crippen LogP contribution in [-0.4, -0.2) is 23.5 Å². The number of benzene rings is 1. The van der Waals surface area contributed by atoms with E-state index in [1.54, 1.807) is 30.5 Å². The molecule has 0 saturated heterocycles. The molecule has 0 saturated carbocycles. The summed E-state index contributed by atoms with van der Waals surface area (Å²) in [6.07, 6.45) is 0. The van der Waals surface area contributed by atoms with Gasteiger partial charge in [0.1, 0.15) is 0 Å². The Bertz CT molecular complexity index is 642. The number of aromatic nitrogens is 1. The SMILES string of the molecule is CCOC(=O)c1csc(NC(=O)c2cccc(Br)c2)n1. The Labute approximate surface area is 128 Å². The molecule has 104 valence electrons. The molecule has 2 aromatic rings. The van der Waals surface area contributed by atoms with Crippen LogP contribution in [0, 0.1) is 0 Å². The Hall–Kier alpha value is -1.73. The number of ether oxygens (including phenoxy) is 1. The summed E-state index contributed by atoms with van der Waals surface area (Å²) in [7, 11) is 0. The van der Waals surface area contributed by atoms with Gasteiger partial charge in [-0.2, -0.15) is 0 Å². The largest absolute Gasteiger partial charge is 0.461 e. The zero-order valence-electron chi connectivity index (χ0n) is 10.6. The van der Waals surface area contributed by atoms with E-state index in [1.165, 1.54) is 11.3 Å². The molecular weight excluding hydrogens is 344 g/mol. The number of anilines is 1. The summed E-state index contributed by atoms with van der Waals surface area (Å²) in [4.78, 5) is 27.5. The van der Waals surface area contributed by atoms with Crippen LogP contribution in [0.2, 0.25) is 0 Å². The molecule has 5 nitrogen and oxygen atoms in total. The molecule has 0 spiro atoms. The van der Waals surface area contributed by atoms with Gasteiger partial charge in [0.25, 0.3) is 5.91 Å². The standard InChI is InChI=1S/C13H11BrN2O3S/c1-2-19-12(18)10-7-20-13(15-10)16-11(17)8-4-3-5-9(14)6-8/h3-7H,2H2,1H3,(H,15,16,17). The zero-order chi connectivity index (χ0) is 14.5. The number of hydrogen-bond donors (Lipinski definition) is 1. The molecule has 0 fully saturated rings. The number of nitrogens with zero attached hydrogens (tertiary/aromatic N) is 1. The maximum Gasteiger partial charge on any atom is 0.357 e. The van der Waals surface area contributed by atoms with Crippen molar-refractivity contribution in [3.8, 4) is 0 Å². The van der Waals surface area contributed by atoms with E-state index in [2.05, 4.69) is 26.2 Å². The molecule has 7 heteroatoms. The van der Waals surface area contributed by atoms with E-state index >= 15 is 0 Å². The highest BCUT2D eigenvalue weighted by Crippen LogP contribution is 2.18. The van der Waals surface area contributed by atoms with Crippen LogP contribution in [0.25, 0.3) is 0 Å². The van der Waals surface area contributed by atoms with Crippen molar-refractivity contribution >= 4 is 44.3 Å². The molecule has 0 aliphatic carbocycles. The quantitative estimate of drug-likeness (QED) is 0.855. The summed E-state index contributed by atoms with van der Waals surface area (Å²) in [5, 5.41) is 4.55. The van der Waals surface area contributed by atoms with Crippen molar-refractivity contribution in [2.45, 2.75) is 6.92 Å². The molecule has 1 aromatic carbocycles. The van der Waals surface area contributed by atoms with E-state index in [0.29, 0.717) is 10.7 Å². The van der Waals surface area contributed by atoms with E-state index in [1.807, 2.05) is 6.07 Å². The fraction of sp³-hybridized carbons (Fsp3) is 0.154. The molecule has 2 rings (SSSR count). The minimum Gasteiger partial charge on any atom is -0.461 e. The van der Waals surface area contributed by atoms with Crippen molar-refractivity contribution < 1.29 is 14.3 Å². The lowest BCUT2D eigenvalue weighted by molar-refractivity contribution is 0.0520. The molecule has 0 aliphatic rings. The van der Waals surface area contributed by atoms with Gasteiger partial charge in [-0.15, -0.1) is 11.3 Å². The summed E-state index contributed by atoms with van der Waals surface area (Å²) in [5.41, 5.74) is 0.702. The number of esters is 1. The van der Waals surface area contributed by atoms with Gasteiger partial charge in [-0.3, -0.25) is 10.1 Å². The Morgan fingerprint density at radius 1 is 1.45 bits per heavy atom. The first kappa shape index (κ1) is 14.7. The average molecular weight is 355 g/mol. The van der Waals surface area contributed by atoms with Crippen LogP contribution in [0.5, 0.6) is 0 Å². The number of thiazole rings is 1. The first-order valence-electron chi connectivity index (χ1n) is 5.79. The third kappa shape index (κ3) is 3.64. The molecule has 0 unspecified atom stereocenters. The van der Waals surface area contributed by atoms with Crippen molar-refractivity contribution in [3.63, 3.8) is 0 Å². The predicted molar refractivity (Wildman–Crippen MR) is 80.2 cm³/mol. The third-order valence-electron chi connectivity index (χ3n) is 2.30. The van der Waals surface area contributed by atoms with Crippen molar-refractivity contribution in [1.29, 1.82) is 0 Å². The van der Waals surface area contributed by atoms with Crippen LogP contribution in [-0.2, 0) is 4.74 Å². The zero-order valence-corrected chi connectivity index (χ0v) is 13.0. The van der Waals surface area contributed by atoms with Gasteiger partial charge in [0, 0.05) is 15.4 Å². The van der Waals surface area contributed by atoms with Gasteiger partial charge in [-0.25, -0.2) is 9.78 Å². The molecule has 0 radical (unpaired) electrons. The number of carbonyl (C=O) groups is 2.